The number of aromatic nitrogens is 1. The molecule has 7 nitrogen and oxygen atoms in total. The Morgan fingerprint density at radius 1 is 1.20 bits per heavy atom. The quantitative estimate of drug-likeness (QED) is 0.811. The van der Waals surface area contributed by atoms with Gasteiger partial charge in [-0.15, -0.1) is 0 Å². The van der Waals surface area contributed by atoms with Crippen molar-refractivity contribution in [1.82, 2.24) is 14.8 Å². The average molecular weight is 429 g/mol. The zero-order valence-electron chi connectivity index (χ0n) is 17.8. The molecule has 2 aliphatic rings. The zero-order chi connectivity index (χ0) is 21.6. The Hall–Kier alpha value is -2.45. The number of nitrogens with zero attached hydrogens (tertiary/aromatic N) is 3. The number of nitrogens with one attached hydrogen (secondary N) is 1. The smallest absolute Gasteiger partial charge is 0.239 e. The minimum atomic E-state index is -2.30. The first-order chi connectivity index (χ1) is 14.1. The molecule has 0 bridgehead atoms. The van der Waals surface area contributed by atoms with Crippen molar-refractivity contribution in [3.8, 4) is 5.69 Å². The van der Waals surface area contributed by atoms with Crippen LogP contribution in [0.5, 0.6) is 0 Å². The van der Waals surface area contributed by atoms with E-state index in [0.29, 0.717) is 17.8 Å². The summed E-state index contributed by atoms with van der Waals surface area (Å²) >= 11 is 0. The van der Waals surface area contributed by atoms with Gasteiger partial charge >= 0.3 is 0 Å². The van der Waals surface area contributed by atoms with Gasteiger partial charge in [0.25, 0.3) is 0 Å². The largest absolute Gasteiger partial charge is 0.344 e. The predicted octanol–water partition coefficient (Wildman–Crippen LogP) is 2.04. The summed E-state index contributed by atoms with van der Waals surface area (Å²) in [6.45, 7) is 3.24. The standard InChI is InChI=1S/C22H28N4O3S/c1-14-12-26(10-8-20(14)27)19-6-5-15(24-30(3,4)29)11-17(19)18-13-25(2)22(28)21-16(18)7-9-23-21/h5-6,8,10-12,16,18,21,23H,7,9,13H2,1-4H3. The second kappa shape index (κ2) is 7.67. The summed E-state index contributed by atoms with van der Waals surface area (Å²) in [5, 5.41) is 3.36. The Bertz CT molecular complexity index is 1170. The molecule has 8 heteroatoms. The van der Waals surface area contributed by atoms with E-state index in [4.69, 9.17) is 0 Å². The fraction of sp³-hybridized carbons (Fsp3) is 0.455. The highest BCUT2D eigenvalue weighted by molar-refractivity contribution is 7.92. The number of benzene rings is 1. The summed E-state index contributed by atoms with van der Waals surface area (Å²) < 4.78 is 18.7. The van der Waals surface area contributed by atoms with Crippen LogP contribution >= 0.6 is 0 Å². The first kappa shape index (κ1) is 20.8. The number of aryl methyl sites for hydroxylation is 1. The van der Waals surface area contributed by atoms with Gasteiger partial charge in [-0.05, 0) is 49.6 Å². The van der Waals surface area contributed by atoms with Gasteiger partial charge in [-0.3, -0.25) is 9.59 Å². The molecule has 3 heterocycles. The summed E-state index contributed by atoms with van der Waals surface area (Å²) in [5.74, 6) is 0.443. The first-order valence-electron chi connectivity index (χ1n) is 10.1. The third-order valence-electron chi connectivity index (χ3n) is 6.02. The van der Waals surface area contributed by atoms with Crippen LogP contribution in [-0.2, 0) is 14.5 Å². The van der Waals surface area contributed by atoms with Crippen LogP contribution in [0.1, 0.15) is 23.5 Å². The summed E-state index contributed by atoms with van der Waals surface area (Å²) in [5.41, 5.74) is 3.34. The monoisotopic (exact) mass is 428 g/mol. The topological polar surface area (TPSA) is 83.8 Å². The number of amides is 1. The van der Waals surface area contributed by atoms with E-state index in [1.54, 1.807) is 36.6 Å². The van der Waals surface area contributed by atoms with Crippen LogP contribution in [0.15, 0.2) is 45.8 Å². The molecule has 1 N–H and O–H groups in total. The molecule has 4 rings (SSSR count). The molecule has 3 atom stereocenters. The number of likely N-dealkylation sites (tertiary alicyclic amines) is 1. The SMILES string of the molecule is Cc1cn(-c2ccc(N=S(C)(C)=O)cc2C2CN(C)C(=O)C3NCCC32)ccc1=O. The minimum Gasteiger partial charge on any atom is -0.344 e. The van der Waals surface area contributed by atoms with Gasteiger partial charge in [-0.25, -0.2) is 4.21 Å². The van der Waals surface area contributed by atoms with Gasteiger partial charge < -0.3 is 14.8 Å². The summed E-state index contributed by atoms with van der Waals surface area (Å²) in [6, 6.07) is 7.22. The number of piperidine rings is 1. The molecule has 2 aromatic rings. The van der Waals surface area contributed by atoms with E-state index in [2.05, 4.69) is 9.68 Å². The van der Waals surface area contributed by atoms with Gasteiger partial charge in [0.2, 0.25) is 5.91 Å². The van der Waals surface area contributed by atoms with Crippen LogP contribution in [0.4, 0.5) is 5.69 Å². The van der Waals surface area contributed by atoms with E-state index in [-0.39, 0.29) is 29.2 Å². The number of likely N-dealkylation sites (N-methyl/N-ethyl adjacent to an activating group) is 1. The van der Waals surface area contributed by atoms with Crippen molar-refractivity contribution in [3.63, 3.8) is 0 Å². The maximum Gasteiger partial charge on any atom is 0.239 e. The lowest BCUT2D eigenvalue weighted by molar-refractivity contribution is -0.136. The van der Waals surface area contributed by atoms with Crippen LogP contribution in [0, 0.1) is 12.8 Å². The van der Waals surface area contributed by atoms with Crippen molar-refractivity contribution >= 4 is 21.3 Å². The molecule has 160 valence electrons. The van der Waals surface area contributed by atoms with E-state index in [1.807, 2.05) is 36.0 Å². The summed E-state index contributed by atoms with van der Waals surface area (Å²) in [7, 11) is -0.460. The molecule has 2 aliphatic heterocycles. The van der Waals surface area contributed by atoms with Crippen molar-refractivity contribution in [2.75, 3.05) is 32.6 Å². The van der Waals surface area contributed by atoms with E-state index in [9.17, 15) is 13.8 Å². The van der Waals surface area contributed by atoms with Crippen LogP contribution in [-0.4, -0.2) is 58.3 Å². The number of hydrogen-bond acceptors (Lipinski definition) is 5. The molecular weight excluding hydrogens is 400 g/mol. The van der Waals surface area contributed by atoms with Crippen molar-refractivity contribution in [2.45, 2.75) is 25.3 Å². The number of rotatable bonds is 3. The third-order valence-corrected chi connectivity index (χ3v) is 6.67. The zero-order valence-corrected chi connectivity index (χ0v) is 18.6. The predicted molar refractivity (Wildman–Crippen MR) is 119 cm³/mol. The van der Waals surface area contributed by atoms with Crippen LogP contribution < -0.4 is 10.7 Å². The van der Waals surface area contributed by atoms with Crippen LogP contribution in [0.3, 0.4) is 0 Å². The van der Waals surface area contributed by atoms with Gasteiger partial charge in [0.15, 0.2) is 5.43 Å². The molecule has 0 saturated carbocycles. The number of fused-ring (bicyclic) bond motifs is 1. The van der Waals surface area contributed by atoms with E-state index in [0.717, 1.165) is 24.2 Å². The number of pyridine rings is 1. The molecule has 1 aromatic carbocycles. The van der Waals surface area contributed by atoms with Gasteiger partial charge in [-0.1, -0.05) is 0 Å². The average Bonchev–Trinajstić information content (AvgIpc) is 3.16. The molecule has 2 saturated heterocycles. The highest BCUT2D eigenvalue weighted by Gasteiger charge is 2.45. The van der Waals surface area contributed by atoms with E-state index < -0.39 is 9.73 Å². The Labute approximate surface area is 177 Å². The summed E-state index contributed by atoms with van der Waals surface area (Å²) in [6.07, 6.45) is 7.78. The fourth-order valence-corrected chi connectivity index (χ4v) is 5.26. The molecule has 0 aliphatic carbocycles. The lowest BCUT2D eigenvalue weighted by Gasteiger charge is -2.39. The maximum atomic E-state index is 12.6. The molecular formula is C22H28N4O3S. The minimum absolute atomic E-state index is 0.000761. The maximum absolute atomic E-state index is 12.6. The highest BCUT2D eigenvalue weighted by Crippen LogP contribution is 2.41. The van der Waals surface area contributed by atoms with E-state index >= 15 is 0 Å². The normalized spacial score (nSPS) is 24.1. The van der Waals surface area contributed by atoms with Crippen molar-refractivity contribution in [2.24, 2.45) is 10.3 Å². The lowest BCUT2D eigenvalue weighted by atomic mass is 9.77. The van der Waals surface area contributed by atoms with Crippen LogP contribution in [0.2, 0.25) is 0 Å². The lowest BCUT2D eigenvalue weighted by Crippen LogP contribution is -2.53. The third kappa shape index (κ3) is 3.94. The second-order valence-electron chi connectivity index (χ2n) is 8.62. The Kier molecular flexibility index (Phi) is 5.32. The Balaban J connectivity index is 1.89. The molecule has 0 spiro atoms. The Morgan fingerprint density at radius 3 is 2.67 bits per heavy atom. The highest BCUT2D eigenvalue weighted by atomic mass is 32.2. The van der Waals surface area contributed by atoms with Crippen molar-refractivity contribution in [3.05, 3.63) is 58.0 Å². The fourth-order valence-electron chi connectivity index (χ4n) is 4.64. The van der Waals surface area contributed by atoms with Gasteiger partial charge in [0, 0.05) is 71.5 Å². The molecule has 1 amide bonds. The molecule has 1 aromatic heterocycles. The van der Waals surface area contributed by atoms with Gasteiger partial charge in [0.05, 0.1) is 11.7 Å². The Morgan fingerprint density at radius 2 is 1.97 bits per heavy atom. The molecule has 30 heavy (non-hydrogen) atoms. The summed E-state index contributed by atoms with van der Waals surface area (Å²) in [4.78, 5) is 26.3. The van der Waals surface area contributed by atoms with Crippen molar-refractivity contribution in [1.29, 1.82) is 0 Å². The van der Waals surface area contributed by atoms with E-state index in [1.165, 1.54) is 0 Å². The number of carbonyl (C=O) groups excluding carboxylic acids is 1. The number of carbonyl (C=O) groups is 1. The van der Waals surface area contributed by atoms with Crippen LogP contribution in [0.25, 0.3) is 5.69 Å². The molecule has 3 unspecified atom stereocenters. The van der Waals surface area contributed by atoms with Crippen molar-refractivity contribution < 1.29 is 9.00 Å². The number of hydrogen-bond donors (Lipinski definition) is 1. The molecule has 0 radical (unpaired) electrons. The molecule has 2 fully saturated rings. The second-order valence-corrected chi connectivity index (χ2v) is 11.2. The van der Waals surface area contributed by atoms with Gasteiger partial charge in [0.1, 0.15) is 0 Å². The first-order valence-corrected chi connectivity index (χ1v) is 12.5. The van der Waals surface area contributed by atoms with Gasteiger partial charge in [-0.2, -0.15) is 4.36 Å².